The third-order valence-electron chi connectivity index (χ3n) is 7.32. The number of imidazole rings is 1. The van der Waals surface area contributed by atoms with Gasteiger partial charge in [0.05, 0.1) is 0 Å². The summed E-state index contributed by atoms with van der Waals surface area (Å²) in [5, 5.41) is 0. The van der Waals surface area contributed by atoms with Crippen LogP contribution in [0.15, 0.2) is 60.4 Å². The number of hydrogen-bond donors (Lipinski definition) is 0. The van der Waals surface area contributed by atoms with Gasteiger partial charge in [-0.15, -0.1) is 0 Å². The molecule has 150 valence electrons. The fraction of sp³-hybridized carbons (Fsp3) is 0.333. The Labute approximate surface area is 177 Å². The summed E-state index contributed by atoms with van der Waals surface area (Å²) in [6.07, 6.45) is 9.48. The van der Waals surface area contributed by atoms with E-state index in [0.717, 1.165) is 36.2 Å². The monoisotopic (exact) mass is 394 g/mol. The number of Topliss-reactive ketones (excluding diaryl/α,β-unsaturated/α-hetero) is 1. The van der Waals surface area contributed by atoms with E-state index in [4.69, 9.17) is 0 Å². The van der Waals surface area contributed by atoms with Gasteiger partial charge < -0.3 is 4.57 Å². The summed E-state index contributed by atoms with van der Waals surface area (Å²) in [5.74, 6) is 1.83. The molecule has 0 radical (unpaired) electrons. The zero-order valence-electron chi connectivity index (χ0n) is 17.4. The quantitative estimate of drug-likeness (QED) is 0.569. The molecule has 3 aromatic rings. The number of hydrogen-bond acceptors (Lipinski definition) is 2. The number of rotatable bonds is 3. The van der Waals surface area contributed by atoms with Crippen molar-refractivity contribution in [3.8, 4) is 11.4 Å². The molecule has 0 saturated carbocycles. The van der Waals surface area contributed by atoms with Crippen molar-refractivity contribution in [1.29, 1.82) is 0 Å². The van der Waals surface area contributed by atoms with Crippen molar-refractivity contribution in [2.75, 3.05) is 0 Å². The first kappa shape index (κ1) is 17.9. The fourth-order valence-electron chi connectivity index (χ4n) is 5.88. The Morgan fingerprint density at radius 2 is 1.93 bits per heavy atom. The molecule has 0 bridgehead atoms. The van der Waals surface area contributed by atoms with E-state index >= 15 is 0 Å². The van der Waals surface area contributed by atoms with Crippen molar-refractivity contribution in [1.82, 2.24) is 9.55 Å². The highest BCUT2D eigenvalue weighted by molar-refractivity contribution is 6.25. The average molecular weight is 395 g/mol. The minimum Gasteiger partial charge on any atom is -0.330 e. The van der Waals surface area contributed by atoms with Crippen LogP contribution in [0, 0.1) is 12.8 Å². The van der Waals surface area contributed by atoms with Crippen molar-refractivity contribution in [2.45, 2.75) is 51.5 Å². The van der Waals surface area contributed by atoms with Gasteiger partial charge in [-0.3, -0.25) is 4.79 Å². The molecule has 6 rings (SSSR count). The maximum absolute atomic E-state index is 13.7. The number of ketones is 1. The Morgan fingerprint density at radius 3 is 2.80 bits per heavy atom. The Bertz CT molecular complexity index is 1180. The second-order valence-corrected chi connectivity index (χ2v) is 9.09. The molecular weight excluding hydrogens is 368 g/mol. The number of nitrogens with zero attached hydrogens (tertiary/aromatic N) is 2. The summed E-state index contributed by atoms with van der Waals surface area (Å²) in [6.45, 7) is 2.80. The molecule has 1 aromatic heterocycles. The van der Waals surface area contributed by atoms with E-state index in [0.29, 0.717) is 18.2 Å². The van der Waals surface area contributed by atoms with Gasteiger partial charge in [0.25, 0.3) is 0 Å². The molecule has 3 heteroatoms. The largest absolute Gasteiger partial charge is 0.330 e. The predicted molar refractivity (Wildman–Crippen MR) is 119 cm³/mol. The highest BCUT2D eigenvalue weighted by atomic mass is 16.1. The van der Waals surface area contributed by atoms with E-state index < -0.39 is 0 Å². The number of allylic oxidation sites excluding steroid dienone is 2. The second-order valence-electron chi connectivity index (χ2n) is 9.09. The highest BCUT2D eigenvalue weighted by Crippen LogP contribution is 2.53. The van der Waals surface area contributed by atoms with Crippen LogP contribution in [0.25, 0.3) is 17.0 Å². The maximum Gasteiger partial charge on any atom is 0.168 e. The molecule has 0 fully saturated rings. The van der Waals surface area contributed by atoms with Gasteiger partial charge in [0.2, 0.25) is 0 Å². The molecular formula is C27H26N2O. The van der Waals surface area contributed by atoms with Crippen molar-refractivity contribution in [2.24, 2.45) is 5.92 Å². The number of aromatic nitrogens is 2. The average Bonchev–Trinajstić information content (AvgIpc) is 3.36. The Morgan fingerprint density at radius 1 is 1.07 bits per heavy atom. The first-order chi connectivity index (χ1) is 14.7. The molecule has 3 aliphatic rings. The molecule has 0 amide bonds. The zero-order valence-corrected chi connectivity index (χ0v) is 17.4. The van der Waals surface area contributed by atoms with E-state index in [1.54, 1.807) is 0 Å². The molecule has 0 N–H and O–H groups in total. The van der Waals surface area contributed by atoms with E-state index in [1.807, 2.05) is 12.4 Å². The number of carbonyl (C=O) groups excluding carboxylic acids is 1. The molecule has 2 aromatic carbocycles. The lowest BCUT2D eigenvalue weighted by Gasteiger charge is -2.27. The third-order valence-corrected chi connectivity index (χ3v) is 7.32. The van der Waals surface area contributed by atoms with Gasteiger partial charge in [-0.05, 0) is 55.7 Å². The fourth-order valence-corrected chi connectivity index (χ4v) is 5.88. The zero-order chi connectivity index (χ0) is 20.2. The Kier molecular flexibility index (Phi) is 4.05. The molecule has 0 spiro atoms. The number of carbonyl (C=O) groups is 1. The van der Waals surface area contributed by atoms with E-state index in [-0.39, 0.29) is 5.92 Å². The molecule has 30 heavy (non-hydrogen) atoms. The van der Waals surface area contributed by atoms with Crippen LogP contribution in [-0.4, -0.2) is 15.3 Å². The molecule has 3 aliphatic carbocycles. The van der Waals surface area contributed by atoms with Crippen molar-refractivity contribution in [3.05, 3.63) is 82.7 Å². The van der Waals surface area contributed by atoms with E-state index in [9.17, 15) is 4.79 Å². The predicted octanol–water partition coefficient (Wildman–Crippen LogP) is 5.72. The second kappa shape index (κ2) is 6.80. The van der Waals surface area contributed by atoms with Crippen LogP contribution < -0.4 is 0 Å². The number of fused-ring (bicyclic) bond motifs is 2. The van der Waals surface area contributed by atoms with Crippen molar-refractivity contribution in [3.63, 3.8) is 0 Å². The molecule has 1 unspecified atom stereocenters. The van der Waals surface area contributed by atoms with E-state index in [2.05, 4.69) is 58.9 Å². The maximum atomic E-state index is 13.7. The van der Waals surface area contributed by atoms with Gasteiger partial charge in [-0.2, -0.15) is 0 Å². The van der Waals surface area contributed by atoms with Crippen LogP contribution in [0.1, 0.15) is 53.9 Å². The topological polar surface area (TPSA) is 34.9 Å². The third kappa shape index (κ3) is 2.64. The lowest BCUT2D eigenvalue weighted by atomic mass is 9.77. The summed E-state index contributed by atoms with van der Waals surface area (Å²) in [6, 6.07) is 15.1. The summed E-state index contributed by atoms with van der Waals surface area (Å²) >= 11 is 0. The van der Waals surface area contributed by atoms with Crippen LogP contribution in [-0.2, 0) is 17.8 Å². The van der Waals surface area contributed by atoms with Gasteiger partial charge >= 0.3 is 0 Å². The number of benzene rings is 2. The first-order valence-electron chi connectivity index (χ1n) is 11.2. The van der Waals surface area contributed by atoms with E-state index in [1.165, 1.54) is 40.7 Å². The van der Waals surface area contributed by atoms with Crippen LogP contribution in [0.5, 0.6) is 0 Å². The van der Waals surface area contributed by atoms with Gasteiger partial charge in [0.15, 0.2) is 5.78 Å². The minimum absolute atomic E-state index is 0.0261. The number of aryl methyl sites for hydroxylation is 2. The van der Waals surface area contributed by atoms with Gasteiger partial charge in [0.1, 0.15) is 5.82 Å². The summed E-state index contributed by atoms with van der Waals surface area (Å²) in [5.41, 5.74) is 9.03. The van der Waals surface area contributed by atoms with Gasteiger partial charge in [-0.1, -0.05) is 53.6 Å². The van der Waals surface area contributed by atoms with Crippen LogP contribution in [0.3, 0.4) is 0 Å². The Hall–Kier alpha value is -2.94. The standard InChI is InChI=1S/C27H26N2O/c1-17-8-10-19(11-9-17)27-28-14-15-29(27)16-20-12-13-22-21-6-2-4-18-5-3-7-23(24(18)21)25(22)26(20)30/h3,5,7-11,14-15,20-21H,2,4,6,12-13,16H2,1H3/t20-,21?/m1/s1. The lowest BCUT2D eigenvalue weighted by Crippen LogP contribution is -2.25. The molecule has 0 aliphatic heterocycles. The molecule has 2 atom stereocenters. The molecule has 0 saturated heterocycles. The van der Waals surface area contributed by atoms with Crippen molar-refractivity contribution >= 4 is 11.4 Å². The van der Waals surface area contributed by atoms with Gasteiger partial charge in [0, 0.05) is 41.9 Å². The summed E-state index contributed by atoms with van der Waals surface area (Å²) < 4.78 is 2.17. The van der Waals surface area contributed by atoms with Crippen LogP contribution >= 0.6 is 0 Å². The van der Waals surface area contributed by atoms with Crippen LogP contribution in [0.4, 0.5) is 0 Å². The lowest BCUT2D eigenvalue weighted by molar-refractivity contribution is -0.118. The Balaban J connectivity index is 1.33. The normalized spacial score (nSPS) is 22.2. The van der Waals surface area contributed by atoms with Crippen molar-refractivity contribution < 1.29 is 4.79 Å². The van der Waals surface area contributed by atoms with Gasteiger partial charge in [-0.25, -0.2) is 4.98 Å². The minimum atomic E-state index is 0.0261. The van der Waals surface area contributed by atoms with Crippen LogP contribution in [0.2, 0.25) is 0 Å². The highest BCUT2D eigenvalue weighted by Gasteiger charge is 2.41. The summed E-state index contributed by atoms with van der Waals surface area (Å²) in [4.78, 5) is 18.3. The molecule has 1 heterocycles. The SMILES string of the molecule is Cc1ccc(-c2nccn2C[C@H]2CCC3=C(C2=O)c2cccc4c2C3CCC4)cc1. The molecule has 3 nitrogen and oxygen atoms in total. The first-order valence-corrected chi connectivity index (χ1v) is 11.2. The summed E-state index contributed by atoms with van der Waals surface area (Å²) in [7, 11) is 0. The smallest absolute Gasteiger partial charge is 0.168 e.